The molecule has 24 heavy (non-hydrogen) atoms. The highest BCUT2D eigenvalue weighted by Crippen LogP contribution is 2.20. The van der Waals surface area contributed by atoms with Crippen molar-refractivity contribution < 1.29 is 4.79 Å². The van der Waals surface area contributed by atoms with E-state index in [1.54, 1.807) is 12.4 Å². The average Bonchev–Trinajstić information content (AvgIpc) is 2.56. The summed E-state index contributed by atoms with van der Waals surface area (Å²) in [6.45, 7) is 6.31. The van der Waals surface area contributed by atoms with E-state index in [2.05, 4.69) is 27.1 Å². The maximum atomic E-state index is 12.1. The Morgan fingerprint density at radius 3 is 2.62 bits per heavy atom. The van der Waals surface area contributed by atoms with E-state index in [-0.39, 0.29) is 5.91 Å². The van der Waals surface area contributed by atoms with E-state index in [1.165, 1.54) is 12.8 Å². The molecule has 126 valence electrons. The van der Waals surface area contributed by atoms with Crippen molar-refractivity contribution in [2.45, 2.75) is 33.1 Å². The van der Waals surface area contributed by atoms with Crippen molar-refractivity contribution in [1.29, 1.82) is 0 Å². The van der Waals surface area contributed by atoms with Crippen LogP contribution in [0.25, 0.3) is 0 Å². The Kier molecular flexibility index (Phi) is 5.08. The molecule has 5 nitrogen and oxygen atoms in total. The Bertz CT molecular complexity index is 691. The molecule has 0 bridgehead atoms. The zero-order valence-electron chi connectivity index (χ0n) is 14.3. The van der Waals surface area contributed by atoms with Gasteiger partial charge in [0, 0.05) is 13.1 Å². The Morgan fingerprint density at radius 1 is 1.25 bits per heavy atom. The highest BCUT2D eigenvalue weighted by molar-refractivity contribution is 5.92. The van der Waals surface area contributed by atoms with Crippen LogP contribution in [0.4, 0.5) is 11.6 Å². The molecule has 1 fully saturated rings. The van der Waals surface area contributed by atoms with E-state index < -0.39 is 0 Å². The van der Waals surface area contributed by atoms with E-state index in [0.29, 0.717) is 12.1 Å². The molecule has 2 heterocycles. The summed E-state index contributed by atoms with van der Waals surface area (Å²) in [4.78, 5) is 23.1. The molecule has 0 spiro atoms. The molecular weight excluding hydrogens is 300 g/mol. The van der Waals surface area contributed by atoms with Crippen molar-refractivity contribution in [1.82, 2.24) is 9.97 Å². The number of rotatable bonds is 4. The molecule has 0 atom stereocenters. The van der Waals surface area contributed by atoms with Gasteiger partial charge in [-0.3, -0.25) is 4.79 Å². The summed E-state index contributed by atoms with van der Waals surface area (Å²) < 4.78 is 0. The molecule has 1 saturated heterocycles. The van der Waals surface area contributed by atoms with Gasteiger partial charge in [-0.05, 0) is 31.2 Å². The van der Waals surface area contributed by atoms with Crippen LogP contribution >= 0.6 is 0 Å². The van der Waals surface area contributed by atoms with E-state index in [4.69, 9.17) is 0 Å². The highest BCUT2D eigenvalue weighted by Gasteiger charge is 2.17. The van der Waals surface area contributed by atoms with E-state index in [1.807, 2.05) is 31.2 Å². The number of carbonyl (C=O) groups excluding carboxylic acids is 1. The van der Waals surface area contributed by atoms with Crippen LogP contribution in [0.15, 0.2) is 36.7 Å². The van der Waals surface area contributed by atoms with Crippen LogP contribution < -0.4 is 10.2 Å². The second-order valence-electron chi connectivity index (χ2n) is 6.66. The topological polar surface area (TPSA) is 58.1 Å². The van der Waals surface area contributed by atoms with Crippen LogP contribution in [0.3, 0.4) is 0 Å². The van der Waals surface area contributed by atoms with Gasteiger partial charge in [-0.1, -0.05) is 36.8 Å². The minimum absolute atomic E-state index is 0.0521. The number of carbonyl (C=O) groups is 1. The average molecular weight is 324 g/mol. The summed E-state index contributed by atoms with van der Waals surface area (Å²) in [5.41, 5.74) is 2.80. The van der Waals surface area contributed by atoms with Gasteiger partial charge < -0.3 is 10.2 Å². The van der Waals surface area contributed by atoms with Gasteiger partial charge in [0.15, 0.2) is 0 Å². The number of benzene rings is 1. The first kappa shape index (κ1) is 16.4. The third-order valence-corrected chi connectivity index (χ3v) is 4.44. The van der Waals surface area contributed by atoms with Crippen molar-refractivity contribution in [3.05, 3.63) is 47.8 Å². The quantitative estimate of drug-likeness (QED) is 0.938. The fraction of sp³-hybridized carbons (Fsp3) is 0.421. The largest absolute Gasteiger partial charge is 0.341 e. The minimum atomic E-state index is -0.0521. The first-order valence-electron chi connectivity index (χ1n) is 8.52. The predicted molar refractivity (Wildman–Crippen MR) is 96.2 cm³/mol. The maximum absolute atomic E-state index is 12.1. The molecule has 1 amide bonds. The summed E-state index contributed by atoms with van der Waals surface area (Å²) in [6, 6.07) is 7.98. The lowest BCUT2D eigenvalue weighted by molar-refractivity contribution is -0.115. The lowest BCUT2D eigenvalue weighted by Gasteiger charge is -2.30. The third kappa shape index (κ3) is 4.31. The van der Waals surface area contributed by atoms with Crippen LogP contribution in [-0.4, -0.2) is 29.0 Å². The summed E-state index contributed by atoms with van der Waals surface area (Å²) in [6.07, 6.45) is 6.09. The zero-order chi connectivity index (χ0) is 16.9. The lowest BCUT2D eigenvalue weighted by atomic mass is 10.00. The molecule has 0 aliphatic carbocycles. The second kappa shape index (κ2) is 7.43. The van der Waals surface area contributed by atoms with Gasteiger partial charge in [-0.15, -0.1) is 0 Å². The van der Waals surface area contributed by atoms with Gasteiger partial charge in [-0.25, -0.2) is 9.97 Å². The summed E-state index contributed by atoms with van der Waals surface area (Å²) in [5.74, 6) is 1.48. The van der Waals surface area contributed by atoms with Gasteiger partial charge in [0.2, 0.25) is 11.9 Å². The molecule has 5 heteroatoms. The van der Waals surface area contributed by atoms with Gasteiger partial charge in [0.25, 0.3) is 0 Å². The molecule has 1 aromatic carbocycles. The van der Waals surface area contributed by atoms with Crippen molar-refractivity contribution in [2.75, 3.05) is 23.3 Å². The number of amides is 1. The molecule has 0 unspecified atom stereocenters. The van der Waals surface area contributed by atoms with Crippen LogP contribution in [0, 0.1) is 12.8 Å². The smallest absolute Gasteiger partial charge is 0.228 e. The van der Waals surface area contributed by atoms with Crippen molar-refractivity contribution in [3.8, 4) is 0 Å². The van der Waals surface area contributed by atoms with Crippen molar-refractivity contribution in [3.63, 3.8) is 0 Å². The van der Waals surface area contributed by atoms with Crippen LogP contribution in [0.2, 0.25) is 0 Å². The molecule has 0 radical (unpaired) electrons. The number of hydrogen-bond acceptors (Lipinski definition) is 4. The summed E-state index contributed by atoms with van der Waals surface area (Å²) in [5, 5.41) is 2.86. The first-order valence-corrected chi connectivity index (χ1v) is 8.52. The number of aromatic nitrogens is 2. The number of hydrogen-bond donors (Lipinski definition) is 1. The lowest BCUT2D eigenvalue weighted by Crippen LogP contribution is -2.34. The Hall–Kier alpha value is -2.43. The Morgan fingerprint density at radius 2 is 1.96 bits per heavy atom. The molecule has 1 aromatic heterocycles. The molecule has 3 rings (SSSR count). The standard InChI is InChI=1S/C19H24N4O/c1-14-6-8-23(9-7-14)19-20-12-17(13-21-19)22-18(24)11-16-5-3-4-15(2)10-16/h3-5,10,12-14H,6-9,11H2,1-2H3,(H,22,24). The molecular formula is C19H24N4O. The van der Waals surface area contributed by atoms with Crippen LogP contribution in [-0.2, 0) is 11.2 Å². The fourth-order valence-electron chi connectivity index (χ4n) is 2.97. The Labute approximate surface area is 143 Å². The summed E-state index contributed by atoms with van der Waals surface area (Å²) >= 11 is 0. The number of aryl methyl sites for hydroxylation is 1. The molecule has 1 aliphatic heterocycles. The molecule has 2 aromatic rings. The number of nitrogens with zero attached hydrogens (tertiary/aromatic N) is 3. The predicted octanol–water partition coefficient (Wildman–Crippen LogP) is 3.20. The second-order valence-corrected chi connectivity index (χ2v) is 6.66. The van der Waals surface area contributed by atoms with E-state index in [0.717, 1.165) is 36.1 Å². The maximum Gasteiger partial charge on any atom is 0.228 e. The van der Waals surface area contributed by atoms with E-state index in [9.17, 15) is 4.79 Å². The molecule has 1 N–H and O–H groups in total. The number of anilines is 2. The van der Waals surface area contributed by atoms with Gasteiger partial charge >= 0.3 is 0 Å². The normalized spacial score (nSPS) is 15.3. The number of nitrogens with one attached hydrogen (secondary N) is 1. The Balaban J connectivity index is 1.56. The highest BCUT2D eigenvalue weighted by atomic mass is 16.1. The van der Waals surface area contributed by atoms with Crippen molar-refractivity contribution >= 4 is 17.5 Å². The van der Waals surface area contributed by atoms with Gasteiger partial charge in [0.1, 0.15) is 0 Å². The number of piperidine rings is 1. The van der Waals surface area contributed by atoms with Gasteiger partial charge in [0.05, 0.1) is 24.5 Å². The van der Waals surface area contributed by atoms with Crippen molar-refractivity contribution in [2.24, 2.45) is 5.92 Å². The monoisotopic (exact) mass is 324 g/mol. The van der Waals surface area contributed by atoms with E-state index >= 15 is 0 Å². The van der Waals surface area contributed by atoms with Crippen LogP contribution in [0.1, 0.15) is 30.9 Å². The molecule has 1 aliphatic rings. The summed E-state index contributed by atoms with van der Waals surface area (Å²) in [7, 11) is 0. The van der Waals surface area contributed by atoms with Crippen LogP contribution in [0.5, 0.6) is 0 Å². The zero-order valence-corrected chi connectivity index (χ0v) is 14.3. The molecule has 0 saturated carbocycles. The first-order chi connectivity index (χ1) is 11.6. The minimum Gasteiger partial charge on any atom is -0.341 e. The SMILES string of the molecule is Cc1cccc(CC(=O)Nc2cnc(N3CCC(C)CC3)nc2)c1. The fourth-order valence-corrected chi connectivity index (χ4v) is 2.97. The third-order valence-electron chi connectivity index (χ3n) is 4.44. The van der Waals surface area contributed by atoms with Gasteiger partial charge in [-0.2, -0.15) is 0 Å².